The highest BCUT2D eigenvalue weighted by Gasteiger charge is 1.98. The van der Waals surface area contributed by atoms with E-state index in [9.17, 15) is 8.42 Å². The van der Waals surface area contributed by atoms with E-state index in [-0.39, 0.29) is 5.75 Å². The molecule has 0 aromatic carbocycles. The molecule has 1 N–H and O–H groups in total. The minimum atomic E-state index is -3.67. The van der Waals surface area contributed by atoms with E-state index in [2.05, 4.69) is 12.2 Å². The smallest absolute Gasteiger partial charge is 0.264 e. The lowest BCUT2D eigenvalue weighted by Crippen LogP contribution is -2.04. The standard InChI is InChI=1S/C3H7NS.C3H8O3S/c1-4(2)3-5;1-2-3-7(4,5)6/h3H,1-2H3;2-3H2,1H3,(H,4,5,6). The molecular formula is C6H15NO3S2. The van der Waals surface area contributed by atoms with Gasteiger partial charge in [0.2, 0.25) is 0 Å². The number of nitrogens with zero attached hydrogens (tertiary/aromatic N) is 1. The summed E-state index contributed by atoms with van der Waals surface area (Å²) in [7, 11) is 0.117. The van der Waals surface area contributed by atoms with Gasteiger partial charge in [0.15, 0.2) is 0 Å². The molecular weight excluding hydrogens is 198 g/mol. The Bertz CT molecular complexity index is 199. The zero-order valence-electron chi connectivity index (χ0n) is 7.52. The SMILES string of the molecule is CCCS(=O)(=O)O.CN(C)C=S. The third kappa shape index (κ3) is 22.6. The van der Waals surface area contributed by atoms with Gasteiger partial charge < -0.3 is 4.90 Å². The van der Waals surface area contributed by atoms with Crippen LogP contribution in [0.4, 0.5) is 0 Å². The molecule has 0 aliphatic rings. The van der Waals surface area contributed by atoms with Crippen LogP contribution in [0.5, 0.6) is 0 Å². The molecule has 0 bridgehead atoms. The van der Waals surface area contributed by atoms with Crippen molar-refractivity contribution in [3.63, 3.8) is 0 Å². The summed E-state index contributed by atoms with van der Waals surface area (Å²) in [5.41, 5.74) is 1.58. The molecule has 74 valence electrons. The number of thiocarbonyl (C=S) groups is 1. The van der Waals surface area contributed by atoms with E-state index in [0.717, 1.165) is 0 Å². The van der Waals surface area contributed by atoms with E-state index in [1.807, 2.05) is 19.0 Å². The minimum Gasteiger partial charge on any atom is -0.375 e. The Morgan fingerprint density at radius 3 is 1.83 bits per heavy atom. The van der Waals surface area contributed by atoms with Crippen LogP contribution in [0.25, 0.3) is 0 Å². The molecule has 6 heteroatoms. The molecule has 0 amide bonds. The quantitative estimate of drug-likeness (QED) is 0.555. The molecule has 0 rings (SSSR count). The Hall–Kier alpha value is -0.200. The van der Waals surface area contributed by atoms with Crippen LogP contribution >= 0.6 is 12.2 Å². The van der Waals surface area contributed by atoms with Gasteiger partial charge in [0.25, 0.3) is 10.1 Å². The fourth-order valence-electron chi connectivity index (χ4n) is 0.258. The highest BCUT2D eigenvalue weighted by Crippen LogP contribution is 1.83. The van der Waals surface area contributed by atoms with E-state index in [1.54, 1.807) is 12.4 Å². The Morgan fingerprint density at radius 2 is 1.83 bits per heavy atom. The van der Waals surface area contributed by atoms with Crippen molar-refractivity contribution in [2.24, 2.45) is 0 Å². The summed E-state index contributed by atoms with van der Waals surface area (Å²) < 4.78 is 27.6. The molecule has 12 heavy (non-hydrogen) atoms. The van der Waals surface area contributed by atoms with Crippen LogP contribution in [0.15, 0.2) is 0 Å². The van der Waals surface area contributed by atoms with Crippen LogP contribution in [0.2, 0.25) is 0 Å². The molecule has 0 aromatic rings. The normalized spacial score (nSPS) is 9.67. The van der Waals surface area contributed by atoms with Gasteiger partial charge in [-0.25, -0.2) is 0 Å². The minimum absolute atomic E-state index is 0.132. The second-order valence-corrected chi connectivity index (χ2v) is 4.14. The topological polar surface area (TPSA) is 57.6 Å². The first-order valence-corrected chi connectivity index (χ1v) is 5.48. The van der Waals surface area contributed by atoms with Crippen molar-refractivity contribution in [1.82, 2.24) is 4.90 Å². The molecule has 0 atom stereocenters. The lowest BCUT2D eigenvalue weighted by molar-refractivity contribution is 0.482. The van der Waals surface area contributed by atoms with Crippen molar-refractivity contribution in [3.8, 4) is 0 Å². The molecule has 0 unspecified atom stereocenters. The lowest BCUT2D eigenvalue weighted by atomic mass is 10.6. The van der Waals surface area contributed by atoms with E-state index < -0.39 is 10.1 Å². The second kappa shape index (κ2) is 7.45. The van der Waals surface area contributed by atoms with Crippen molar-refractivity contribution in [3.05, 3.63) is 0 Å². The van der Waals surface area contributed by atoms with Gasteiger partial charge in [-0.2, -0.15) is 8.42 Å². The lowest BCUT2D eigenvalue weighted by Gasteiger charge is -1.96. The maximum atomic E-state index is 9.79. The summed E-state index contributed by atoms with van der Waals surface area (Å²) in [6.07, 6.45) is 0.471. The molecule has 0 spiro atoms. The molecule has 0 aliphatic heterocycles. The third-order valence-electron chi connectivity index (χ3n) is 0.673. The van der Waals surface area contributed by atoms with Gasteiger partial charge in [-0.15, -0.1) is 0 Å². The van der Waals surface area contributed by atoms with Crippen molar-refractivity contribution < 1.29 is 13.0 Å². The number of hydrogen-bond donors (Lipinski definition) is 1. The molecule has 0 saturated heterocycles. The van der Waals surface area contributed by atoms with E-state index >= 15 is 0 Å². The van der Waals surface area contributed by atoms with Gasteiger partial charge in [0, 0.05) is 14.1 Å². The summed E-state index contributed by atoms with van der Waals surface area (Å²) in [6.45, 7) is 1.69. The van der Waals surface area contributed by atoms with E-state index in [4.69, 9.17) is 4.55 Å². The van der Waals surface area contributed by atoms with Gasteiger partial charge in [-0.05, 0) is 6.42 Å². The van der Waals surface area contributed by atoms with Gasteiger partial charge in [-0.3, -0.25) is 4.55 Å². The fourth-order valence-corrected chi connectivity index (χ4v) is 0.774. The molecule has 0 radical (unpaired) electrons. The fraction of sp³-hybridized carbons (Fsp3) is 0.833. The maximum Gasteiger partial charge on any atom is 0.264 e. The molecule has 0 fully saturated rings. The van der Waals surface area contributed by atoms with Crippen LogP contribution in [-0.4, -0.2) is 43.2 Å². The molecule has 4 nitrogen and oxygen atoms in total. The Labute approximate surface area is 79.3 Å². The van der Waals surface area contributed by atoms with Gasteiger partial charge in [0.1, 0.15) is 0 Å². The summed E-state index contributed by atoms with van der Waals surface area (Å²) in [6, 6.07) is 0. The third-order valence-corrected chi connectivity index (χ3v) is 2.02. The van der Waals surface area contributed by atoms with Crippen molar-refractivity contribution in [1.29, 1.82) is 0 Å². The summed E-state index contributed by atoms with van der Waals surface area (Å²) in [4.78, 5) is 1.81. The van der Waals surface area contributed by atoms with E-state index in [1.165, 1.54) is 0 Å². The monoisotopic (exact) mass is 213 g/mol. The highest BCUT2D eigenvalue weighted by atomic mass is 32.2. The van der Waals surface area contributed by atoms with Crippen molar-refractivity contribution in [2.45, 2.75) is 13.3 Å². The maximum absolute atomic E-state index is 9.79. The first kappa shape index (κ1) is 14.3. The zero-order chi connectivity index (χ0) is 10.2. The van der Waals surface area contributed by atoms with Gasteiger partial charge in [-0.1, -0.05) is 19.1 Å². The van der Waals surface area contributed by atoms with Crippen molar-refractivity contribution in [2.75, 3.05) is 19.8 Å². The first-order chi connectivity index (χ1) is 5.33. The predicted octanol–water partition coefficient (Wildman–Crippen LogP) is 0.789. The second-order valence-electron chi connectivity index (χ2n) is 2.36. The largest absolute Gasteiger partial charge is 0.375 e. The van der Waals surface area contributed by atoms with Gasteiger partial charge >= 0.3 is 0 Å². The molecule has 0 aromatic heterocycles. The van der Waals surface area contributed by atoms with E-state index in [0.29, 0.717) is 6.42 Å². The van der Waals surface area contributed by atoms with Crippen LogP contribution in [0.1, 0.15) is 13.3 Å². The Morgan fingerprint density at radius 1 is 1.50 bits per heavy atom. The van der Waals surface area contributed by atoms with Gasteiger partial charge in [0.05, 0.1) is 11.2 Å². The summed E-state index contributed by atoms with van der Waals surface area (Å²) in [5, 5.41) is 0. The predicted molar refractivity (Wildman–Crippen MR) is 54.0 cm³/mol. The average molecular weight is 213 g/mol. The average Bonchev–Trinajstić information content (AvgIpc) is 1.86. The van der Waals surface area contributed by atoms with Crippen LogP contribution in [0, 0.1) is 0 Å². The number of hydrogen-bond acceptors (Lipinski definition) is 3. The molecule has 0 heterocycles. The molecule has 0 saturated carbocycles. The zero-order valence-corrected chi connectivity index (χ0v) is 9.15. The first-order valence-electron chi connectivity index (χ1n) is 3.40. The number of rotatable bonds is 3. The van der Waals surface area contributed by atoms with Crippen LogP contribution in [-0.2, 0) is 10.1 Å². The summed E-state index contributed by atoms with van der Waals surface area (Å²) in [5.74, 6) is -0.132. The Kier molecular flexibility index (Phi) is 8.90. The van der Waals surface area contributed by atoms with Crippen molar-refractivity contribution >= 4 is 27.8 Å². The van der Waals surface area contributed by atoms with Crippen LogP contribution in [0.3, 0.4) is 0 Å². The Balaban J connectivity index is 0. The highest BCUT2D eigenvalue weighted by molar-refractivity contribution is 7.85. The molecule has 0 aliphatic carbocycles. The summed E-state index contributed by atoms with van der Waals surface area (Å²) >= 11 is 4.48. The van der Waals surface area contributed by atoms with Crippen LogP contribution < -0.4 is 0 Å².